The van der Waals surface area contributed by atoms with Crippen LogP contribution in [0, 0.1) is 0 Å². The number of guanidine groups is 1. The molecule has 2 aromatic heterocycles. The molecule has 0 aliphatic carbocycles. The van der Waals surface area contributed by atoms with Gasteiger partial charge in [-0.25, -0.2) is 14.8 Å². The highest BCUT2D eigenvalue weighted by molar-refractivity contribution is 5.99. The lowest BCUT2D eigenvalue weighted by Crippen LogP contribution is -2.58. The second-order valence-corrected chi connectivity index (χ2v) is 14.5. The standard InChI is InChI=1S/C38H49N15O15/c1-42-31(62)21(11-25(55)56)50-34(65)23(13-27(59)60)51-32(63)19(3-2-10-43-37(39)40)48-33(64)22(12-26(57)58)47-24(54)9-8-20(36(67)68)49-30(61)16-4-6-17(7-5-16)44-14-18-15-45-29-28(46-18)35(66)53-38(41)52-29/h4-7,15,19-23,44H,2-3,8-14H2,1H3,(H,42,62)(H,47,54)(H,48,64)(H,49,61)(H,50,65)(H,51,63)(H,55,56)(H,57,58)(H,59,60)(H,67,68)(H4,39,40,43)(H3,41,45,52,53,66)/t19?,20-,21?,22-,23-/m0/s1. The Kier molecular flexibility index (Phi) is 20.0. The van der Waals surface area contributed by atoms with Gasteiger partial charge in [-0.3, -0.25) is 57.9 Å². The fraction of sp³-hybridized carbons (Fsp3) is 0.395. The predicted molar refractivity (Wildman–Crippen MR) is 233 cm³/mol. The Hall–Kier alpha value is -8.99. The van der Waals surface area contributed by atoms with Crippen LogP contribution < -0.4 is 60.0 Å². The van der Waals surface area contributed by atoms with E-state index in [1.54, 1.807) is 0 Å². The summed E-state index contributed by atoms with van der Waals surface area (Å²) < 4.78 is 0. The van der Waals surface area contributed by atoms with Crippen molar-refractivity contribution in [2.24, 2.45) is 16.5 Å². The number of amides is 6. The zero-order valence-electron chi connectivity index (χ0n) is 35.9. The Balaban J connectivity index is 1.68. The van der Waals surface area contributed by atoms with Gasteiger partial charge in [-0.1, -0.05) is 0 Å². The lowest BCUT2D eigenvalue weighted by Gasteiger charge is -2.25. The Morgan fingerprint density at radius 2 is 1.25 bits per heavy atom. The highest BCUT2D eigenvalue weighted by atomic mass is 16.4. The van der Waals surface area contributed by atoms with Crippen LogP contribution in [0.3, 0.4) is 0 Å². The van der Waals surface area contributed by atoms with Crippen LogP contribution >= 0.6 is 0 Å². The van der Waals surface area contributed by atoms with Gasteiger partial charge >= 0.3 is 23.9 Å². The SMILES string of the molecule is CNC(=O)C(CC(=O)O)NC(=O)[C@H](CC(=O)O)NC(=O)C(CCCN=C(N)N)NC(=O)[C@H](CC(=O)O)NC(=O)CC[C@H](NC(=O)c1ccc(NCc2cnc3nc(N)[nH]c(=O)c3n2)cc1)C(=O)O. The molecule has 3 aromatic rings. The van der Waals surface area contributed by atoms with Gasteiger partial charge in [0, 0.05) is 31.3 Å². The molecule has 18 N–H and O–H groups in total. The number of rotatable bonds is 27. The second-order valence-electron chi connectivity index (χ2n) is 14.5. The quantitative estimate of drug-likeness (QED) is 0.0193. The Morgan fingerprint density at radius 3 is 1.79 bits per heavy atom. The summed E-state index contributed by atoms with van der Waals surface area (Å²) in [6.45, 7) is -0.0179. The molecular formula is C38H49N15O15. The van der Waals surface area contributed by atoms with Gasteiger partial charge in [-0.05, 0) is 43.5 Å². The summed E-state index contributed by atoms with van der Waals surface area (Å²) in [6, 6.07) is -3.20. The van der Waals surface area contributed by atoms with Crippen LogP contribution in [0.2, 0.25) is 0 Å². The van der Waals surface area contributed by atoms with Gasteiger partial charge in [0.15, 0.2) is 17.1 Å². The number of hydrogen-bond acceptors (Lipinski definition) is 17. The molecule has 2 heterocycles. The number of H-pyrrole nitrogens is 1. The van der Waals surface area contributed by atoms with Crippen molar-refractivity contribution in [3.05, 3.63) is 52.1 Å². The third-order valence-electron chi connectivity index (χ3n) is 9.25. The number of aliphatic carboxylic acids is 4. The number of nitrogens with two attached hydrogens (primary N) is 3. The van der Waals surface area contributed by atoms with E-state index in [2.05, 4.69) is 56.8 Å². The fourth-order valence-electron chi connectivity index (χ4n) is 5.94. The van der Waals surface area contributed by atoms with E-state index in [-0.39, 0.29) is 54.6 Å². The van der Waals surface area contributed by atoms with Crippen molar-refractivity contribution in [3.8, 4) is 0 Å². The number of carboxylic acids is 4. The summed E-state index contributed by atoms with van der Waals surface area (Å²) in [4.78, 5) is 156. The van der Waals surface area contributed by atoms with Crippen molar-refractivity contribution in [3.63, 3.8) is 0 Å². The van der Waals surface area contributed by atoms with Gasteiger partial charge in [0.25, 0.3) is 11.5 Å². The van der Waals surface area contributed by atoms with Crippen molar-refractivity contribution in [2.75, 3.05) is 24.6 Å². The molecule has 0 spiro atoms. The average Bonchev–Trinajstić information content (AvgIpc) is 3.26. The molecule has 0 saturated carbocycles. The van der Waals surface area contributed by atoms with Crippen molar-refractivity contribution < 1.29 is 68.4 Å². The molecule has 3 rings (SSSR count). The Morgan fingerprint density at radius 1 is 0.706 bits per heavy atom. The smallest absolute Gasteiger partial charge is 0.326 e. The van der Waals surface area contributed by atoms with E-state index in [4.69, 9.17) is 22.3 Å². The number of aromatic nitrogens is 4. The van der Waals surface area contributed by atoms with E-state index in [9.17, 15) is 68.1 Å². The molecular weight excluding hydrogens is 907 g/mol. The van der Waals surface area contributed by atoms with Crippen molar-refractivity contribution >= 4 is 88.1 Å². The van der Waals surface area contributed by atoms with Gasteiger partial charge in [0.2, 0.25) is 35.5 Å². The topological polar surface area (TPSA) is 498 Å². The molecule has 6 amide bonds. The van der Waals surface area contributed by atoms with Crippen LogP contribution in [-0.4, -0.2) is 149 Å². The number of nitrogen functional groups attached to an aromatic ring is 1. The lowest BCUT2D eigenvalue weighted by molar-refractivity contribution is -0.143. The fourth-order valence-corrected chi connectivity index (χ4v) is 5.94. The molecule has 30 nitrogen and oxygen atoms in total. The summed E-state index contributed by atoms with van der Waals surface area (Å²) in [6.07, 6.45) is -3.32. The minimum Gasteiger partial charge on any atom is -0.481 e. The molecule has 1 aromatic carbocycles. The summed E-state index contributed by atoms with van der Waals surface area (Å²) >= 11 is 0. The van der Waals surface area contributed by atoms with Crippen LogP contribution in [0.1, 0.15) is 61.0 Å². The molecule has 2 unspecified atom stereocenters. The Bertz CT molecular complexity index is 2480. The first-order chi connectivity index (χ1) is 32.1. The molecule has 366 valence electrons. The van der Waals surface area contributed by atoms with Crippen LogP contribution in [-0.2, 0) is 49.7 Å². The maximum absolute atomic E-state index is 13.5. The number of hydrogen-bond donors (Lipinski definition) is 15. The number of aromatic amines is 1. The van der Waals surface area contributed by atoms with E-state index < -0.39 is 127 Å². The number of fused-ring (bicyclic) bond motifs is 1. The van der Waals surface area contributed by atoms with E-state index in [0.29, 0.717) is 11.4 Å². The van der Waals surface area contributed by atoms with Crippen LogP contribution in [0.4, 0.5) is 11.6 Å². The molecule has 0 saturated heterocycles. The number of nitrogens with zero attached hydrogens (tertiary/aromatic N) is 4. The molecule has 0 aliphatic rings. The number of likely N-dealkylation sites (N-methyl/N-ethyl adjacent to an activating group) is 1. The van der Waals surface area contributed by atoms with E-state index >= 15 is 0 Å². The minimum absolute atomic E-state index is 0.0169. The summed E-state index contributed by atoms with van der Waals surface area (Å²) in [5.41, 5.74) is 16.5. The number of benzene rings is 1. The van der Waals surface area contributed by atoms with Gasteiger partial charge < -0.3 is 74.8 Å². The largest absolute Gasteiger partial charge is 0.481 e. The number of carboxylic acid groups (broad SMARTS) is 4. The molecule has 0 aliphatic heterocycles. The van der Waals surface area contributed by atoms with Crippen LogP contribution in [0.15, 0.2) is 40.2 Å². The minimum atomic E-state index is -1.95. The summed E-state index contributed by atoms with van der Waals surface area (Å²) in [7, 11) is 1.14. The monoisotopic (exact) mass is 955 g/mol. The normalized spacial score (nSPS) is 12.9. The molecule has 0 bridgehead atoms. The maximum atomic E-state index is 13.5. The Labute approximate surface area is 382 Å². The van der Waals surface area contributed by atoms with Crippen molar-refractivity contribution in [2.45, 2.75) is 81.7 Å². The number of aliphatic imine (C=N–C) groups is 1. The van der Waals surface area contributed by atoms with Gasteiger partial charge in [-0.2, -0.15) is 4.98 Å². The molecule has 68 heavy (non-hydrogen) atoms. The highest BCUT2D eigenvalue weighted by Gasteiger charge is 2.34. The number of carbonyl (C=O) groups excluding carboxylic acids is 6. The zero-order valence-corrected chi connectivity index (χ0v) is 35.9. The van der Waals surface area contributed by atoms with E-state index in [1.165, 1.54) is 30.5 Å². The first kappa shape index (κ1) is 53.3. The summed E-state index contributed by atoms with van der Waals surface area (Å²) in [5.74, 6) is -13.4. The lowest BCUT2D eigenvalue weighted by atomic mass is 10.1. The predicted octanol–water partition coefficient (Wildman–Crippen LogP) is -4.97. The molecule has 30 heteroatoms. The number of anilines is 2. The van der Waals surface area contributed by atoms with Crippen LogP contribution in [0.25, 0.3) is 11.2 Å². The maximum Gasteiger partial charge on any atom is 0.326 e. The van der Waals surface area contributed by atoms with Crippen LogP contribution in [0.5, 0.6) is 0 Å². The van der Waals surface area contributed by atoms with Gasteiger partial charge in [0.1, 0.15) is 30.2 Å². The van der Waals surface area contributed by atoms with Crippen molar-refractivity contribution in [1.82, 2.24) is 51.8 Å². The molecule has 5 atom stereocenters. The third kappa shape index (κ3) is 17.5. The molecule has 0 radical (unpaired) electrons. The number of nitrogens with one attached hydrogen (secondary N) is 8. The van der Waals surface area contributed by atoms with E-state index in [0.717, 1.165) is 7.05 Å². The van der Waals surface area contributed by atoms with E-state index in [1.807, 2.05) is 5.32 Å². The second kappa shape index (κ2) is 25.5. The number of carbonyl (C=O) groups is 10. The summed E-state index contributed by atoms with van der Waals surface area (Å²) in [5, 5.41) is 53.9. The first-order valence-corrected chi connectivity index (χ1v) is 20.1. The average molecular weight is 956 g/mol. The molecule has 0 fully saturated rings. The van der Waals surface area contributed by atoms with Gasteiger partial charge in [-0.15, -0.1) is 0 Å². The van der Waals surface area contributed by atoms with Crippen molar-refractivity contribution in [1.29, 1.82) is 0 Å². The highest BCUT2D eigenvalue weighted by Crippen LogP contribution is 2.13. The first-order valence-electron chi connectivity index (χ1n) is 20.1. The zero-order chi connectivity index (χ0) is 50.7. The third-order valence-corrected chi connectivity index (χ3v) is 9.25. The van der Waals surface area contributed by atoms with Gasteiger partial charge in [0.05, 0.1) is 37.7 Å².